The fourth-order valence-electron chi connectivity index (χ4n) is 3.66. The van der Waals surface area contributed by atoms with Crippen molar-refractivity contribution in [2.45, 2.75) is 51.0 Å². The average molecular weight is 318 g/mol. The van der Waals surface area contributed by atoms with E-state index in [1.807, 2.05) is 11.8 Å². The van der Waals surface area contributed by atoms with Crippen LogP contribution in [0.15, 0.2) is 4.52 Å². The molecule has 0 bridgehead atoms. The number of amides is 2. The molecule has 1 aromatic rings. The maximum absolute atomic E-state index is 12.9. The van der Waals surface area contributed by atoms with E-state index in [-0.39, 0.29) is 23.8 Å². The number of aromatic nitrogens is 2. The summed E-state index contributed by atoms with van der Waals surface area (Å²) in [6, 6.07) is -0.0930. The highest BCUT2D eigenvalue weighted by Crippen LogP contribution is 2.40. The molecule has 1 saturated carbocycles. The van der Waals surface area contributed by atoms with Crippen LogP contribution in [0.4, 0.5) is 0 Å². The first-order valence-electron chi connectivity index (χ1n) is 8.59. The van der Waals surface area contributed by atoms with Crippen LogP contribution >= 0.6 is 0 Å². The van der Waals surface area contributed by atoms with Gasteiger partial charge in [0.1, 0.15) is 0 Å². The summed E-state index contributed by atoms with van der Waals surface area (Å²) in [6.45, 7) is 3.87. The fourth-order valence-corrected chi connectivity index (χ4v) is 3.66. The molecule has 2 saturated heterocycles. The van der Waals surface area contributed by atoms with Crippen LogP contribution < -0.4 is 0 Å². The molecule has 124 valence electrons. The Labute approximate surface area is 135 Å². The Balaban J connectivity index is 1.48. The zero-order valence-corrected chi connectivity index (χ0v) is 13.4. The molecule has 7 heteroatoms. The topological polar surface area (TPSA) is 79.5 Å². The molecule has 1 aliphatic carbocycles. The number of carbonyl (C=O) groups is 2. The number of carbonyl (C=O) groups excluding carboxylic acids is 2. The monoisotopic (exact) mass is 318 g/mol. The third-order valence-corrected chi connectivity index (χ3v) is 5.16. The third kappa shape index (κ3) is 2.62. The Morgan fingerprint density at radius 3 is 2.87 bits per heavy atom. The Morgan fingerprint density at radius 1 is 1.35 bits per heavy atom. The van der Waals surface area contributed by atoms with E-state index in [1.54, 1.807) is 4.90 Å². The summed E-state index contributed by atoms with van der Waals surface area (Å²) in [5, 5.41) is 4.11. The van der Waals surface area contributed by atoms with Crippen molar-refractivity contribution in [3.63, 3.8) is 0 Å². The Hall–Kier alpha value is -1.92. The molecule has 0 radical (unpaired) electrons. The minimum Gasteiger partial charge on any atom is -0.342 e. The molecule has 0 unspecified atom stereocenters. The molecule has 2 amide bonds. The van der Waals surface area contributed by atoms with Crippen molar-refractivity contribution in [1.82, 2.24) is 19.9 Å². The second kappa shape index (κ2) is 5.62. The van der Waals surface area contributed by atoms with Gasteiger partial charge in [0.15, 0.2) is 5.82 Å². The van der Waals surface area contributed by atoms with E-state index in [0.29, 0.717) is 43.7 Å². The van der Waals surface area contributed by atoms with Gasteiger partial charge in [-0.25, -0.2) is 0 Å². The number of hydrogen-bond acceptors (Lipinski definition) is 5. The van der Waals surface area contributed by atoms with Crippen molar-refractivity contribution in [2.24, 2.45) is 5.92 Å². The highest BCUT2D eigenvalue weighted by Gasteiger charge is 2.41. The van der Waals surface area contributed by atoms with Crippen LogP contribution in [-0.2, 0) is 9.59 Å². The lowest BCUT2D eigenvalue weighted by Gasteiger charge is -2.25. The molecule has 0 N–H and O–H groups in total. The van der Waals surface area contributed by atoms with Gasteiger partial charge >= 0.3 is 0 Å². The van der Waals surface area contributed by atoms with Gasteiger partial charge in [0.2, 0.25) is 17.7 Å². The molecule has 2 atom stereocenters. The van der Waals surface area contributed by atoms with E-state index in [0.717, 1.165) is 25.7 Å². The summed E-state index contributed by atoms with van der Waals surface area (Å²) >= 11 is 0. The molecule has 3 fully saturated rings. The first kappa shape index (κ1) is 14.7. The molecule has 1 aromatic heterocycles. The van der Waals surface area contributed by atoms with E-state index in [9.17, 15) is 9.59 Å². The summed E-state index contributed by atoms with van der Waals surface area (Å²) in [5.74, 6) is 1.69. The van der Waals surface area contributed by atoms with Crippen molar-refractivity contribution >= 4 is 11.8 Å². The van der Waals surface area contributed by atoms with E-state index in [2.05, 4.69) is 10.1 Å². The molecule has 23 heavy (non-hydrogen) atoms. The van der Waals surface area contributed by atoms with E-state index >= 15 is 0 Å². The second-order valence-electron chi connectivity index (χ2n) is 6.79. The van der Waals surface area contributed by atoms with Crippen LogP contribution in [0.25, 0.3) is 0 Å². The first-order valence-corrected chi connectivity index (χ1v) is 8.59. The van der Waals surface area contributed by atoms with Gasteiger partial charge in [-0.3, -0.25) is 9.59 Å². The van der Waals surface area contributed by atoms with Gasteiger partial charge in [0.25, 0.3) is 0 Å². The number of rotatable bonds is 4. The van der Waals surface area contributed by atoms with Crippen LogP contribution in [0.3, 0.4) is 0 Å². The summed E-state index contributed by atoms with van der Waals surface area (Å²) in [7, 11) is 0. The van der Waals surface area contributed by atoms with Crippen molar-refractivity contribution in [2.75, 3.05) is 19.6 Å². The van der Waals surface area contributed by atoms with Crippen molar-refractivity contribution in [1.29, 1.82) is 0 Å². The predicted molar refractivity (Wildman–Crippen MR) is 80.3 cm³/mol. The summed E-state index contributed by atoms with van der Waals surface area (Å²) in [5.41, 5.74) is 0. The summed E-state index contributed by atoms with van der Waals surface area (Å²) < 4.78 is 5.34. The maximum atomic E-state index is 12.9. The molecule has 3 aliphatic rings. The molecule has 7 nitrogen and oxygen atoms in total. The predicted octanol–water partition coefficient (Wildman–Crippen LogP) is 1.48. The van der Waals surface area contributed by atoms with Crippen molar-refractivity contribution in [3.05, 3.63) is 11.7 Å². The van der Waals surface area contributed by atoms with Gasteiger partial charge in [-0.2, -0.15) is 4.98 Å². The smallest absolute Gasteiger partial charge is 0.229 e. The molecular formula is C16H22N4O3. The average Bonchev–Trinajstić information content (AvgIpc) is 2.99. The largest absolute Gasteiger partial charge is 0.342 e. The van der Waals surface area contributed by atoms with Crippen molar-refractivity contribution < 1.29 is 14.1 Å². The first-order chi connectivity index (χ1) is 11.2. The quantitative estimate of drug-likeness (QED) is 0.840. The molecule has 3 heterocycles. The van der Waals surface area contributed by atoms with E-state index in [1.165, 1.54) is 0 Å². The van der Waals surface area contributed by atoms with Crippen LogP contribution in [0.5, 0.6) is 0 Å². The van der Waals surface area contributed by atoms with Crippen LogP contribution in [-0.4, -0.2) is 51.4 Å². The van der Waals surface area contributed by atoms with Crippen molar-refractivity contribution in [3.8, 4) is 0 Å². The number of hydrogen-bond donors (Lipinski definition) is 0. The number of likely N-dealkylation sites (tertiary alicyclic amines) is 2. The van der Waals surface area contributed by atoms with Gasteiger partial charge in [-0.1, -0.05) is 5.16 Å². The van der Waals surface area contributed by atoms with Crippen LogP contribution in [0.1, 0.15) is 62.7 Å². The zero-order valence-electron chi connectivity index (χ0n) is 13.4. The molecular weight excluding hydrogens is 296 g/mol. The fraction of sp³-hybridized carbons (Fsp3) is 0.750. The van der Waals surface area contributed by atoms with E-state index in [4.69, 9.17) is 4.52 Å². The molecule has 0 aromatic carbocycles. The summed E-state index contributed by atoms with van der Waals surface area (Å²) in [6.07, 6.45) is 4.38. The highest BCUT2D eigenvalue weighted by molar-refractivity contribution is 5.89. The van der Waals surface area contributed by atoms with Gasteiger partial charge in [0.05, 0.1) is 12.0 Å². The van der Waals surface area contributed by atoms with Gasteiger partial charge < -0.3 is 14.3 Å². The Kier molecular flexibility index (Phi) is 3.58. The minimum absolute atomic E-state index is 0.0644. The van der Waals surface area contributed by atoms with Gasteiger partial charge in [-0.05, 0) is 32.6 Å². The maximum Gasteiger partial charge on any atom is 0.229 e. The Bertz CT molecular complexity index is 625. The second-order valence-corrected chi connectivity index (χ2v) is 6.79. The van der Waals surface area contributed by atoms with Gasteiger partial charge in [-0.15, -0.1) is 0 Å². The van der Waals surface area contributed by atoms with E-state index < -0.39 is 0 Å². The zero-order chi connectivity index (χ0) is 16.0. The lowest BCUT2D eigenvalue weighted by Crippen LogP contribution is -2.37. The molecule has 2 aliphatic heterocycles. The number of nitrogens with zero attached hydrogens (tertiary/aromatic N) is 4. The SMILES string of the molecule is CCN1C[C@H](C(=O)N2CCC[C@@H]2c2noc(C3CC3)n2)CC1=O. The van der Waals surface area contributed by atoms with Crippen LogP contribution in [0, 0.1) is 5.92 Å². The third-order valence-electron chi connectivity index (χ3n) is 5.16. The molecule has 4 rings (SSSR count). The summed E-state index contributed by atoms with van der Waals surface area (Å²) in [4.78, 5) is 32.9. The normalized spacial score (nSPS) is 28.0. The lowest BCUT2D eigenvalue weighted by atomic mass is 10.1. The highest BCUT2D eigenvalue weighted by atomic mass is 16.5. The molecule has 0 spiro atoms. The minimum atomic E-state index is -0.224. The lowest BCUT2D eigenvalue weighted by molar-refractivity contribution is -0.136. The standard InChI is InChI=1S/C16H22N4O3/c1-2-19-9-11(8-13(19)21)16(22)20-7-3-4-12(20)14-17-15(23-18-14)10-5-6-10/h10-12H,2-9H2,1H3/t11-,12-/m1/s1. The Morgan fingerprint density at radius 2 is 2.17 bits per heavy atom. The van der Waals surface area contributed by atoms with Crippen LogP contribution in [0.2, 0.25) is 0 Å². The van der Waals surface area contributed by atoms with Gasteiger partial charge in [0, 0.05) is 32.0 Å².